The zero-order valence-electron chi connectivity index (χ0n) is 6.70. The molecular weight excluding hydrogens is 144 g/mol. The number of carboxylic acid groups (broad SMARTS) is 1. The van der Waals surface area contributed by atoms with Crippen LogP contribution in [0.3, 0.4) is 0 Å². The summed E-state index contributed by atoms with van der Waals surface area (Å²) in [6.45, 7) is 1.92. The maximum absolute atomic E-state index is 10.5. The average Bonchev–Trinajstić information content (AvgIpc) is 2.60. The first-order valence-corrected chi connectivity index (χ1v) is 3.53. The van der Waals surface area contributed by atoms with E-state index in [4.69, 9.17) is 9.84 Å². The minimum atomic E-state index is -0.715. The number of hydrogen-bond donors (Lipinski definition) is 1. The van der Waals surface area contributed by atoms with Crippen LogP contribution >= 0.6 is 0 Å². The van der Waals surface area contributed by atoms with Crippen LogP contribution in [0.25, 0.3) is 0 Å². The minimum Gasteiger partial charge on any atom is -0.505 e. The molecule has 0 aromatic carbocycles. The fraction of sp³-hybridized carbons (Fsp3) is 0.625. The molecule has 62 valence electrons. The molecule has 0 radical (unpaired) electrons. The highest BCUT2D eigenvalue weighted by molar-refractivity contribution is 5.75. The van der Waals surface area contributed by atoms with Crippen molar-refractivity contribution in [3.8, 4) is 0 Å². The van der Waals surface area contributed by atoms with Crippen LogP contribution in [0.15, 0.2) is 12.3 Å². The Kier molecular flexibility index (Phi) is 1.89. The van der Waals surface area contributed by atoms with E-state index in [2.05, 4.69) is 0 Å². The molecule has 2 unspecified atom stereocenters. The molecule has 0 spiro atoms. The molecule has 1 aliphatic rings. The molecule has 1 N–H and O–H groups in total. The summed E-state index contributed by atoms with van der Waals surface area (Å²) in [5, 5.41) is 8.61. The Balaban J connectivity index is 2.49. The highest BCUT2D eigenvalue weighted by Gasteiger charge is 2.53. The predicted octanol–water partition coefficient (Wildman–Crippen LogP) is 1.26. The van der Waals surface area contributed by atoms with Crippen LogP contribution in [0.5, 0.6) is 0 Å². The number of allylic oxidation sites excluding steroid dienone is 1. The van der Waals surface area contributed by atoms with E-state index in [9.17, 15) is 4.79 Å². The first kappa shape index (κ1) is 8.11. The van der Waals surface area contributed by atoms with Crippen molar-refractivity contribution in [2.24, 2.45) is 11.3 Å². The zero-order valence-corrected chi connectivity index (χ0v) is 6.70. The van der Waals surface area contributed by atoms with Crippen LogP contribution in [0, 0.1) is 11.3 Å². The van der Waals surface area contributed by atoms with E-state index in [-0.39, 0.29) is 11.3 Å². The van der Waals surface area contributed by atoms with E-state index >= 15 is 0 Å². The smallest absolute Gasteiger partial charge is 0.307 e. The van der Waals surface area contributed by atoms with Crippen LogP contribution in [0.1, 0.15) is 13.3 Å². The third-order valence-electron chi connectivity index (χ3n) is 2.16. The summed E-state index contributed by atoms with van der Waals surface area (Å²) >= 11 is 0. The molecule has 0 saturated heterocycles. The summed E-state index contributed by atoms with van der Waals surface area (Å²) in [5.74, 6) is -0.929. The molecule has 0 aromatic rings. The summed E-state index contributed by atoms with van der Waals surface area (Å²) in [6, 6.07) is 0. The Morgan fingerprint density at radius 1 is 1.82 bits per heavy atom. The Bertz CT molecular complexity index is 198. The number of methoxy groups -OCH3 is 1. The van der Waals surface area contributed by atoms with E-state index < -0.39 is 5.97 Å². The lowest BCUT2D eigenvalue weighted by Gasteiger charge is -1.99. The molecule has 1 fully saturated rings. The lowest BCUT2D eigenvalue weighted by molar-refractivity contribution is -0.139. The van der Waals surface area contributed by atoms with Gasteiger partial charge in [-0.15, -0.1) is 0 Å². The van der Waals surface area contributed by atoms with Gasteiger partial charge in [0.15, 0.2) is 0 Å². The van der Waals surface area contributed by atoms with E-state index in [1.165, 1.54) is 0 Å². The van der Waals surface area contributed by atoms with E-state index in [1.54, 1.807) is 13.4 Å². The highest BCUT2D eigenvalue weighted by Crippen LogP contribution is 2.53. The quantitative estimate of drug-likeness (QED) is 0.625. The Hall–Kier alpha value is -0.990. The zero-order chi connectivity index (χ0) is 8.48. The van der Waals surface area contributed by atoms with Gasteiger partial charge in [-0.3, -0.25) is 4.79 Å². The number of rotatable bonds is 3. The number of ether oxygens (including phenoxy) is 1. The van der Waals surface area contributed by atoms with E-state index in [0.717, 1.165) is 6.42 Å². The van der Waals surface area contributed by atoms with Crippen molar-refractivity contribution < 1.29 is 14.6 Å². The molecule has 0 bridgehead atoms. The normalized spacial score (nSPS) is 35.6. The molecule has 1 aliphatic carbocycles. The van der Waals surface area contributed by atoms with Gasteiger partial charge in [-0.1, -0.05) is 6.92 Å². The third-order valence-corrected chi connectivity index (χ3v) is 2.16. The Morgan fingerprint density at radius 2 is 2.45 bits per heavy atom. The van der Waals surface area contributed by atoms with Gasteiger partial charge in [0, 0.05) is 5.41 Å². The van der Waals surface area contributed by atoms with Gasteiger partial charge in [0.05, 0.1) is 19.3 Å². The monoisotopic (exact) mass is 156 g/mol. The molecular formula is C8H12O3. The van der Waals surface area contributed by atoms with Crippen LogP contribution in [0.4, 0.5) is 0 Å². The average molecular weight is 156 g/mol. The SMILES string of the molecule is COC=CC1(C)CC1C(=O)O. The fourth-order valence-corrected chi connectivity index (χ4v) is 1.16. The summed E-state index contributed by atoms with van der Waals surface area (Å²) in [5.41, 5.74) is -0.165. The summed E-state index contributed by atoms with van der Waals surface area (Å²) in [6.07, 6.45) is 4.08. The standard InChI is InChI=1S/C8H12O3/c1-8(3-4-11-2)5-6(8)7(9)10/h3-4,6H,5H2,1-2H3,(H,9,10). The van der Waals surface area contributed by atoms with Gasteiger partial charge in [0.1, 0.15) is 0 Å². The van der Waals surface area contributed by atoms with Crippen LogP contribution in [-0.4, -0.2) is 18.2 Å². The van der Waals surface area contributed by atoms with Crippen LogP contribution < -0.4 is 0 Å². The molecule has 0 aromatic heterocycles. The summed E-state index contributed by atoms with van der Waals surface area (Å²) < 4.78 is 4.71. The van der Waals surface area contributed by atoms with Gasteiger partial charge in [-0.25, -0.2) is 0 Å². The molecule has 0 heterocycles. The second kappa shape index (κ2) is 2.57. The van der Waals surface area contributed by atoms with Crippen LogP contribution in [-0.2, 0) is 9.53 Å². The predicted molar refractivity (Wildman–Crippen MR) is 40.0 cm³/mol. The van der Waals surface area contributed by atoms with Crippen molar-refractivity contribution in [3.05, 3.63) is 12.3 Å². The molecule has 2 atom stereocenters. The number of carbonyl (C=O) groups is 1. The van der Waals surface area contributed by atoms with Crippen molar-refractivity contribution >= 4 is 5.97 Å². The Labute approximate surface area is 65.7 Å². The topological polar surface area (TPSA) is 46.5 Å². The van der Waals surface area contributed by atoms with Crippen molar-refractivity contribution in [2.45, 2.75) is 13.3 Å². The first-order chi connectivity index (χ1) is 5.10. The van der Waals surface area contributed by atoms with Crippen molar-refractivity contribution in [2.75, 3.05) is 7.11 Å². The maximum atomic E-state index is 10.5. The van der Waals surface area contributed by atoms with Gasteiger partial charge >= 0.3 is 5.97 Å². The molecule has 0 aliphatic heterocycles. The number of hydrogen-bond acceptors (Lipinski definition) is 2. The molecule has 1 rings (SSSR count). The number of carboxylic acids is 1. The summed E-state index contributed by atoms with van der Waals surface area (Å²) in [7, 11) is 1.55. The largest absolute Gasteiger partial charge is 0.505 e. The van der Waals surface area contributed by atoms with Gasteiger partial charge in [0.2, 0.25) is 0 Å². The van der Waals surface area contributed by atoms with Crippen LogP contribution in [0.2, 0.25) is 0 Å². The lowest BCUT2D eigenvalue weighted by Crippen LogP contribution is -2.04. The number of aliphatic carboxylic acids is 1. The van der Waals surface area contributed by atoms with E-state index in [1.807, 2.05) is 13.0 Å². The minimum absolute atomic E-state index is 0.165. The van der Waals surface area contributed by atoms with E-state index in [0.29, 0.717) is 0 Å². The fourth-order valence-electron chi connectivity index (χ4n) is 1.16. The van der Waals surface area contributed by atoms with Gasteiger partial charge in [0.25, 0.3) is 0 Å². The second-order valence-electron chi connectivity index (χ2n) is 3.14. The summed E-state index contributed by atoms with van der Waals surface area (Å²) in [4.78, 5) is 10.5. The molecule has 0 amide bonds. The van der Waals surface area contributed by atoms with Gasteiger partial charge in [-0.05, 0) is 12.5 Å². The third kappa shape index (κ3) is 1.53. The Morgan fingerprint density at radius 3 is 2.82 bits per heavy atom. The second-order valence-corrected chi connectivity index (χ2v) is 3.14. The molecule has 3 heteroatoms. The lowest BCUT2D eigenvalue weighted by atomic mass is 10.1. The first-order valence-electron chi connectivity index (χ1n) is 3.53. The molecule has 3 nitrogen and oxygen atoms in total. The molecule has 1 saturated carbocycles. The van der Waals surface area contributed by atoms with Crippen molar-refractivity contribution in [3.63, 3.8) is 0 Å². The highest BCUT2D eigenvalue weighted by atomic mass is 16.5. The van der Waals surface area contributed by atoms with Gasteiger partial charge < -0.3 is 9.84 Å². The maximum Gasteiger partial charge on any atom is 0.307 e. The molecule has 11 heavy (non-hydrogen) atoms. The van der Waals surface area contributed by atoms with Gasteiger partial charge in [-0.2, -0.15) is 0 Å². The van der Waals surface area contributed by atoms with Crippen molar-refractivity contribution in [1.82, 2.24) is 0 Å². The van der Waals surface area contributed by atoms with Crippen molar-refractivity contribution in [1.29, 1.82) is 0 Å².